The van der Waals surface area contributed by atoms with Crippen molar-refractivity contribution in [3.8, 4) is 0 Å². The SMILES string of the molecule is CC(=NO)c1ccc2cccnc2c1. The summed E-state index contributed by atoms with van der Waals surface area (Å²) in [7, 11) is 0. The first-order valence-electron chi connectivity index (χ1n) is 4.35. The predicted octanol–water partition coefficient (Wildman–Crippen LogP) is 2.43. The molecule has 1 aromatic heterocycles. The lowest BCUT2D eigenvalue weighted by Gasteiger charge is -2.00. The number of oxime groups is 1. The fourth-order valence-corrected chi connectivity index (χ4v) is 1.35. The average molecular weight is 186 g/mol. The Balaban J connectivity index is 2.62. The zero-order valence-electron chi connectivity index (χ0n) is 7.81. The van der Waals surface area contributed by atoms with Gasteiger partial charge in [0, 0.05) is 17.1 Å². The van der Waals surface area contributed by atoms with E-state index in [2.05, 4.69) is 10.1 Å². The molecule has 70 valence electrons. The third-order valence-corrected chi connectivity index (χ3v) is 2.17. The molecule has 14 heavy (non-hydrogen) atoms. The molecule has 3 nitrogen and oxygen atoms in total. The third kappa shape index (κ3) is 1.44. The summed E-state index contributed by atoms with van der Waals surface area (Å²) in [6, 6.07) is 9.68. The number of fused-ring (bicyclic) bond motifs is 1. The van der Waals surface area contributed by atoms with Crippen molar-refractivity contribution >= 4 is 16.6 Å². The van der Waals surface area contributed by atoms with Gasteiger partial charge in [0.15, 0.2) is 0 Å². The molecule has 2 rings (SSSR count). The highest BCUT2D eigenvalue weighted by Gasteiger charge is 1.99. The molecule has 0 radical (unpaired) electrons. The van der Waals surface area contributed by atoms with Gasteiger partial charge in [0.1, 0.15) is 0 Å². The van der Waals surface area contributed by atoms with Crippen molar-refractivity contribution in [3.05, 3.63) is 42.1 Å². The van der Waals surface area contributed by atoms with Crippen LogP contribution in [0.4, 0.5) is 0 Å². The number of hydrogen-bond acceptors (Lipinski definition) is 3. The Morgan fingerprint density at radius 3 is 3.00 bits per heavy atom. The van der Waals surface area contributed by atoms with Gasteiger partial charge < -0.3 is 5.21 Å². The summed E-state index contributed by atoms with van der Waals surface area (Å²) in [6.07, 6.45) is 1.75. The van der Waals surface area contributed by atoms with Crippen molar-refractivity contribution in [3.63, 3.8) is 0 Å². The van der Waals surface area contributed by atoms with Crippen LogP contribution >= 0.6 is 0 Å². The van der Waals surface area contributed by atoms with Crippen LogP contribution in [-0.2, 0) is 0 Å². The molecule has 0 saturated carbocycles. The largest absolute Gasteiger partial charge is 0.411 e. The molecule has 0 spiro atoms. The Bertz CT molecular complexity index is 491. The van der Waals surface area contributed by atoms with E-state index in [9.17, 15) is 0 Å². The van der Waals surface area contributed by atoms with Crippen LogP contribution in [0.5, 0.6) is 0 Å². The van der Waals surface area contributed by atoms with E-state index < -0.39 is 0 Å². The maximum atomic E-state index is 8.63. The molecule has 0 atom stereocenters. The molecule has 1 aromatic carbocycles. The maximum Gasteiger partial charge on any atom is 0.0837 e. The van der Waals surface area contributed by atoms with Crippen LogP contribution in [0.3, 0.4) is 0 Å². The van der Waals surface area contributed by atoms with E-state index >= 15 is 0 Å². The minimum atomic E-state index is 0.595. The summed E-state index contributed by atoms with van der Waals surface area (Å²) in [5.74, 6) is 0. The second-order valence-corrected chi connectivity index (χ2v) is 3.10. The highest BCUT2D eigenvalue weighted by molar-refractivity contribution is 6.00. The zero-order valence-corrected chi connectivity index (χ0v) is 7.81. The Kier molecular flexibility index (Phi) is 2.14. The Labute approximate surface area is 81.7 Å². The monoisotopic (exact) mass is 186 g/mol. The Morgan fingerprint density at radius 1 is 1.36 bits per heavy atom. The summed E-state index contributed by atoms with van der Waals surface area (Å²) in [5.41, 5.74) is 2.39. The molecular weight excluding hydrogens is 176 g/mol. The van der Waals surface area contributed by atoms with Crippen molar-refractivity contribution in [2.24, 2.45) is 5.16 Å². The van der Waals surface area contributed by atoms with E-state index in [0.717, 1.165) is 16.5 Å². The van der Waals surface area contributed by atoms with Crippen LogP contribution in [0, 0.1) is 0 Å². The number of pyridine rings is 1. The molecule has 0 bridgehead atoms. The first kappa shape index (κ1) is 8.69. The van der Waals surface area contributed by atoms with Gasteiger partial charge in [-0.05, 0) is 19.1 Å². The van der Waals surface area contributed by atoms with E-state index in [1.165, 1.54) is 0 Å². The van der Waals surface area contributed by atoms with Gasteiger partial charge in [-0.2, -0.15) is 0 Å². The van der Waals surface area contributed by atoms with Gasteiger partial charge in [0.25, 0.3) is 0 Å². The summed E-state index contributed by atoms with van der Waals surface area (Å²) in [5, 5.41) is 12.9. The Hall–Kier alpha value is -1.90. The van der Waals surface area contributed by atoms with Gasteiger partial charge >= 0.3 is 0 Å². The van der Waals surface area contributed by atoms with Crippen molar-refractivity contribution < 1.29 is 5.21 Å². The van der Waals surface area contributed by atoms with Crippen molar-refractivity contribution in [1.29, 1.82) is 0 Å². The predicted molar refractivity (Wildman–Crippen MR) is 55.7 cm³/mol. The highest BCUT2D eigenvalue weighted by atomic mass is 16.4. The topological polar surface area (TPSA) is 45.5 Å². The van der Waals surface area contributed by atoms with Crippen molar-refractivity contribution in [2.45, 2.75) is 6.92 Å². The zero-order chi connectivity index (χ0) is 9.97. The molecule has 0 aliphatic carbocycles. The van der Waals surface area contributed by atoms with Gasteiger partial charge in [0.2, 0.25) is 0 Å². The molecule has 0 unspecified atom stereocenters. The first-order chi connectivity index (χ1) is 6.81. The average Bonchev–Trinajstić information content (AvgIpc) is 2.27. The van der Waals surface area contributed by atoms with Gasteiger partial charge in [-0.15, -0.1) is 0 Å². The van der Waals surface area contributed by atoms with Crippen LogP contribution in [0.2, 0.25) is 0 Å². The number of hydrogen-bond donors (Lipinski definition) is 1. The summed E-state index contributed by atoms with van der Waals surface area (Å²) in [6.45, 7) is 1.75. The standard InChI is InChI=1S/C11H10N2O/c1-8(13-14)10-5-4-9-3-2-6-12-11(9)7-10/h2-7,14H,1H3. The van der Waals surface area contributed by atoms with E-state index in [0.29, 0.717) is 5.71 Å². The smallest absolute Gasteiger partial charge is 0.0837 e. The van der Waals surface area contributed by atoms with E-state index in [4.69, 9.17) is 5.21 Å². The lowest BCUT2D eigenvalue weighted by molar-refractivity contribution is 0.319. The first-order valence-corrected chi connectivity index (χ1v) is 4.35. The van der Waals surface area contributed by atoms with Crippen molar-refractivity contribution in [1.82, 2.24) is 4.98 Å². The number of nitrogens with zero attached hydrogens (tertiary/aromatic N) is 2. The molecule has 3 heteroatoms. The Morgan fingerprint density at radius 2 is 2.21 bits per heavy atom. The van der Waals surface area contributed by atoms with E-state index in [-0.39, 0.29) is 0 Å². The molecule has 1 N–H and O–H groups in total. The normalized spacial score (nSPS) is 11.9. The van der Waals surface area contributed by atoms with Gasteiger partial charge in [0.05, 0.1) is 11.2 Å². The molecular formula is C11H10N2O. The fourth-order valence-electron chi connectivity index (χ4n) is 1.35. The van der Waals surface area contributed by atoms with Gasteiger partial charge in [-0.3, -0.25) is 4.98 Å². The van der Waals surface area contributed by atoms with Gasteiger partial charge in [-0.1, -0.05) is 23.4 Å². The molecule has 1 heterocycles. The summed E-state index contributed by atoms with van der Waals surface area (Å²) in [4.78, 5) is 4.22. The molecule has 0 fully saturated rings. The quantitative estimate of drug-likeness (QED) is 0.422. The van der Waals surface area contributed by atoms with Crippen LogP contribution in [-0.4, -0.2) is 15.9 Å². The minimum absolute atomic E-state index is 0.595. The summed E-state index contributed by atoms with van der Waals surface area (Å²) < 4.78 is 0. The number of benzene rings is 1. The van der Waals surface area contributed by atoms with Crippen LogP contribution in [0.15, 0.2) is 41.7 Å². The lowest BCUT2D eigenvalue weighted by Crippen LogP contribution is -1.94. The number of rotatable bonds is 1. The minimum Gasteiger partial charge on any atom is -0.411 e. The van der Waals surface area contributed by atoms with Crippen LogP contribution < -0.4 is 0 Å². The second kappa shape index (κ2) is 3.46. The fraction of sp³-hybridized carbons (Fsp3) is 0.0909. The van der Waals surface area contributed by atoms with Crippen LogP contribution in [0.1, 0.15) is 12.5 Å². The van der Waals surface area contributed by atoms with E-state index in [1.807, 2.05) is 30.3 Å². The highest BCUT2D eigenvalue weighted by Crippen LogP contribution is 2.13. The lowest BCUT2D eigenvalue weighted by atomic mass is 10.1. The molecule has 2 aromatic rings. The number of aromatic nitrogens is 1. The second-order valence-electron chi connectivity index (χ2n) is 3.10. The molecule has 0 saturated heterocycles. The molecule has 0 amide bonds. The van der Waals surface area contributed by atoms with Gasteiger partial charge in [-0.25, -0.2) is 0 Å². The molecule has 0 aliphatic rings. The third-order valence-electron chi connectivity index (χ3n) is 2.17. The maximum absolute atomic E-state index is 8.63. The summed E-state index contributed by atoms with van der Waals surface area (Å²) >= 11 is 0. The van der Waals surface area contributed by atoms with E-state index in [1.54, 1.807) is 13.1 Å². The van der Waals surface area contributed by atoms with Crippen LogP contribution in [0.25, 0.3) is 10.9 Å². The van der Waals surface area contributed by atoms with Crippen molar-refractivity contribution in [2.75, 3.05) is 0 Å². The molecule has 0 aliphatic heterocycles.